The number of ether oxygens (including phenoxy) is 1. The monoisotopic (exact) mass is 442 g/mol. The van der Waals surface area contributed by atoms with Crippen LogP contribution >= 0.6 is 0 Å². The second-order valence-corrected chi connectivity index (χ2v) is 9.26. The smallest absolute Gasteiger partial charge is 0.257 e. The fourth-order valence-corrected chi connectivity index (χ4v) is 5.08. The number of nitrogens with zero attached hydrogens (tertiary/aromatic N) is 1. The van der Waals surface area contributed by atoms with Gasteiger partial charge in [-0.2, -0.15) is 0 Å². The van der Waals surface area contributed by atoms with Crippen LogP contribution < -0.4 is 10.1 Å². The van der Waals surface area contributed by atoms with E-state index in [1.54, 1.807) is 0 Å². The molecule has 1 saturated heterocycles. The third kappa shape index (κ3) is 5.33. The molecule has 31 heavy (non-hydrogen) atoms. The molecular formula is C23H30F4N2O2. The summed E-state index contributed by atoms with van der Waals surface area (Å²) in [6.45, 7) is 6.01. The third-order valence-corrected chi connectivity index (χ3v) is 7.09. The first-order valence-corrected chi connectivity index (χ1v) is 11.3. The standard InChI is InChI=1S/C23H30F4N2O2/c1-2-29-6-3-14(4-7-29)18-9-15(18)5-8-31-17-10-19(24)21(20(25)11-17)22(30)28-16-12-23(26,27)13-16/h10-11,14-16,18H,2-9,12-13H2,1H3,(H,28,30)/t15-,18-/m1/s1. The van der Waals surface area contributed by atoms with E-state index in [0.29, 0.717) is 12.5 Å². The number of piperidine rings is 1. The molecule has 0 aromatic heterocycles. The topological polar surface area (TPSA) is 41.6 Å². The molecule has 1 aromatic rings. The zero-order valence-electron chi connectivity index (χ0n) is 17.8. The van der Waals surface area contributed by atoms with Crippen LogP contribution in [0.3, 0.4) is 0 Å². The van der Waals surface area contributed by atoms with E-state index in [4.69, 9.17) is 4.74 Å². The van der Waals surface area contributed by atoms with Crippen molar-refractivity contribution in [3.8, 4) is 5.75 Å². The van der Waals surface area contributed by atoms with Gasteiger partial charge in [0.15, 0.2) is 0 Å². The Morgan fingerprint density at radius 2 is 1.84 bits per heavy atom. The molecule has 1 aliphatic heterocycles. The SMILES string of the molecule is CCN1CCC([C@H]2C[C@H]2CCOc2cc(F)c(C(=O)NC3CC(F)(F)C3)c(F)c2)CC1. The van der Waals surface area contributed by atoms with E-state index in [-0.39, 0.29) is 5.75 Å². The number of halogens is 4. The summed E-state index contributed by atoms with van der Waals surface area (Å²) in [6, 6.07) is 1.20. The van der Waals surface area contributed by atoms with E-state index < -0.39 is 47.9 Å². The highest BCUT2D eigenvalue weighted by atomic mass is 19.3. The van der Waals surface area contributed by atoms with Crippen molar-refractivity contribution < 1.29 is 27.1 Å². The van der Waals surface area contributed by atoms with Crippen molar-refractivity contribution in [3.05, 3.63) is 29.3 Å². The molecular weight excluding hydrogens is 412 g/mol. The van der Waals surface area contributed by atoms with Gasteiger partial charge in [0.1, 0.15) is 22.9 Å². The second kappa shape index (κ2) is 8.96. The number of alkyl halides is 2. The fourth-order valence-electron chi connectivity index (χ4n) is 5.08. The van der Waals surface area contributed by atoms with E-state index in [9.17, 15) is 22.4 Å². The van der Waals surface area contributed by atoms with E-state index in [0.717, 1.165) is 36.9 Å². The van der Waals surface area contributed by atoms with Crippen molar-refractivity contribution in [2.75, 3.05) is 26.2 Å². The molecule has 3 aliphatic rings. The first-order valence-electron chi connectivity index (χ1n) is 11.3. The molecule has 4 nitrogen and oxygen atoms in total. The van der Waals surface area contributed by atoms with Crippen LogP contribution in [0.15, 0.2) is 12.1 Å². The molecule has 0 spiro atoms. The Morgan fingerprint density at radius 1 is 1.19 bits per heavy atom. The van der Waals surface area contributed by atoms with Crippen LogP contribution in [-0.2, 0) is 0 Å². The number of carbonyl (C=O) groups excluding carboxylic acids is 1. The maximum Gasteiger partial charge on any atom is 0.257 e. The van der Waals surface area contributed by atoms with Gasteiger partial charge in [-0.15, -0.1) is 0 Å². The minimum atomic E-state index is -2.82. The summed E-state index contributed by atoms with van der Waals surface area (Å²) in [5.41, 5.74) is -0.761. The average Bonchev–Trinajstić information content (AvgIpc) is 3.45. The van der Waals surface area contributed by atoms with Gasteiger partial charge in [-0.25, -0.2) is 17.6 Å². The Kier molecular flexibility index (Phi) is 6.47. The summed E-state index contributed by atoms with van der Waals surface area (Å²) in [5.74, 6) is -3.78. The van der Waals surface area contributed by atoms with Gasteiger partial charge in [0.25, 0.3) is 11.8 Å². The van der Waals surface area contributed by atoms with Gasteiger partial charge in [-0.05, 0) is 63.1 Å². The van der Waals surface area contributed by atoms with Gasteiger partial charge < -0.3 is 15.0 Å². The first kappa shape index (κ1) is 22.4. The summed E-state index contributed by atoms with van der Waals surface area (Å²) in [4.78, 5) is 14.5. The lowest BCUT2D eigenvalue weighted by Gasteiger charge is -2.35. The molecule has 1 aromatic carbocycles. The number of amides is 1. The zero-order chi connectivity index (χ0) is 22.2. The molecule has 0 bridgehead atoms. The highest BCUT2D eigenvalue weighted by molar-refractivity contribution is 5.95. The van der Waals surface area contributed by atoms with Crippen LogP contribution in [0.5, 0.6) is 5.75 Å². The van der Waals surface area contributed by atoms with Crippen molar-refractivity contribution in [2.24, 2.45) is 17.8 Å². The Morgan fingerprint density at radius 3 is 2.42 bits per heavy atom. The Labute approximate surface area is 180 Å². The Bertz CT molecular complexity index is 780. The summed E-state index contributed by atoms with van der Waals surface area (Å²) in [5, 5.41) is 2.26. The highest BCUT2D eigenvalue weighted by Gasteiger charge is 2.46. The van der Waals surface area contributed by atoms with Crippen molar-refractivity contribution in [3.63, 3.8) is 0 Å². The number of hydrogen-bond donors (Lipinski definition) is 1. The summed E-state index contributed by atoms with van der Waals surface area (Å²) >= 11 is 0. The predicted molar refractivity (Wildman–Crippen MR) is 108 cm³/mol. The van der Waals surface area contributed by atoms with E-state index in [1.807, 2.05) is 0 Å². The number of likely N-dealkylation sites (tertiary alicyclic amines) is 1. The summed E-state index contributed by atoms with van der Waals surface area (Å²) in [6.07, 6.45) is 3.51. The van der Waals surface area contributed by atoms with Gasteiger partial charge >= 0.3 is 0 Å². The highest BCUT2D eigenvalue weighted by Crippen LogP contribution is 2.49. The molecule has 8 heteroatoms. The molecule has 0 unspecified atom stereocenters. The number of benzene rings is 1. The van der Waals surface area contributed by atoms with Crippen LogP contribution in [0.2, 0.25) is 0 Å². The lowest BCUT2D eigenvalue weighted by atomic mass is 9.88. The minimum Gasteiger partial charge on any atom is -0.493 e. The maximum atomic E-state index is 14.3. The average molecular weight is 442 g/mol. The predicted octanol–water partition coefficient (Wildman–Crippen LogP) is 4.63. The molecule has 1 N–H and O–H groups in total. The zero-order valence-corrected chi connectivity index (χ0v) is 17.8. The van der Waals surface area contributed by atoms with Crippen molar-refractivity contribution in [2.45, 2.75) is 57.4 Å². The molecule has 0 radical (unpaired) electrons. The molecule has 3 fully saturated rings. The van der Waals surface area contributed by atoms with Gasteiger partial charge in [-0.3, -0.25) is 4.79 Å². The number of carbonyl (C=O) groups is 1. The van der Waals surface area contributed by atoms with Crippen LogP contribution in [0.25, 0.3) is 0 Å². The second-order valence-electron chi connectivity index (χ2n) is 9.26. The van der Waals surface area contributed by atoms with E-state index in [2.05, 4.69) is 17.1 Å². The van der Waals surface area contributed by atoms with Gasteiger partial charge in [0.2, 0.25) is 0 Å². The van der Waals surface area contributed by atoms with Crippen LogP contribution in [0.1, 0.15) is 55.8 Å². The Hall–Kier alpha value is -1.83. The fraction of sp³-hybridized carbons (Fsp3) is 0.696. The van der Waals surface area contributed by atoms with Gasteiger partial charge in [-0.1, -0.05) is 6.92 Å². The molecule has 2 aliphatic carbocycles. The van der Waals surface area contributed by atoms with Crippen molar-refractivity contribution in [1.82, 2.24) is 10.2 Å². The number of hydrogen-bond acceptors (Lipinski definition) is 3. The van der Waals surface area contributed by atoms with Crippen LogP contribution in [0, 0.1) is 29.4 Å². The number of nitrogens with one attached hydrogen (secondary N) is 1. The normalized spacial score (nSPS) is 26.4. The molecule has 1 amide bonds. The third-order valence-electron chi connectivity index (χ3n) is 7.09. The minimum absolute atomic E-state index is 0.0372. The van der Waals surface area contributed by atoms with Crippen molar-refractivity contribution >= 4 is 5.91 Å². The van der Waals surface area contributed by atoms with E-state index in [1.165, 1.54) is 32.4 Å². The van der Waals surface area contributed by atoms with Crippen molar-refractivity contribution in [1.29, 1.82) is 0 Å². The molecule has 172 valence electrons. The Balaban J connectivity index is 1.22. The number of rotatable bonds is 8. The van der Waals surface area contributed by atoms with Crippen LogP contribution in [-0.4, -0.2) is 49.0 Å². The largest absolute Gasteiger partial charge is 0.493 e. The molecule has 2 saturated carbocycles. The first-order chi connectivity index (χ1) is 14.8. The quantitative estimate of drug-likeness (QED) is 0.597. The van der Waals surface area contributed by atoms with Gasteiger partial charge in [0.05, 0.1) is 6.61 Å². The lowest BCUT2D eigenvalue weighted by Crippen LogP contribution is -2.50. The maximum absolute atomic E-state index is 14.3. The van der Waals surface area contributed by atoms with Gasteiger partial charge in [0, 0.05) is 31.0 Å². The molecule has 4 rings (SSSR count). The summed E-state index contributed by atoms with van der Waals surface area (Å²) < 4.78 is 59.9. The molecule has 1 heterocycles. The summed E-state index contributed by atoms with van der Waals surface area (Å²) in [7, 11) is 0. The molecule has 2 atom stereocenters. The lowest BCUT2D eigenvalue weighted by molar-refractivity contribution is -0.0901. The van der Waals surface area contributed by atoms with Crippen LogP contribution in [0.4, 0.5) is 17.6 Å². The van der Waals surface area contributed by atoms with E-state index >= 15 is 0 Å².